The first-order valence-corrected chi connectivity index (χ1v) is 6.68. The lowest BCUT2D eigenvalue weighted by Gasteiger charge is -2.28. The van der Waals surface area contributed by atoms with Crippen LogP contribution >= 0.6 is 15.9 Å². The van der Waals surface area contributed by atoms with Crippen molar-refractivity contribution in [3.05, 3.63) is 21.9 Å². The van der Waals surface area contributed by atoms with Gasteiger partial charge in [-0.25, -0.2) is 4.39 Å². The van der Waals surface area contributed by atoms with Crippen LogP contribution in [0.15, 0.2) is 10.5 Å². The molecule has 1 aliphatic rings. The van der Waals surface area contributed by atoms with Crippen molar-refractivity contribution in [2.24, 2.45) is 0 Å². The Morgan fingerprint density at radius 3 is 2.50 bits per heavy atom. The van der Waals surface area contributed by atoms with Crippen LogP contribution in [0.1, 0.15) is 25.3 Å². The molecule has 2 rings (SSSR count). The Morgan fingerprint density at radius 2 is 2.00 bits per heavy atom. The van der Waals surface area contributed by atoms with E-state index < -0.39 is 0 Å². The maximum absolute atomic E-state index is 14.0. The summed E-state index contributed by atoms with van der Waals surface area (Å²) in [7, 11) is 3.02. The van der Waals surface area contributed by atoms with Gasteiger partial charge in [-0.1, -0.05) is 0 Å². The molecule has 0 amide bonds. The highest BCUT2D eigenvalue weighted by Gasteiger charge is 2.35. The molecule has 0 saturated carbocycles. The summed E-state index contributed by atoms with van der Waals surface area (Å²) in [5.74, 6) is 0.428. The average molecular weight is 318 g/mol. The number of benzene rings is 1. The van der Waals surface area contributed by atoms with E-state index in [9.17, 15) is 4.39 Å². The minimum Gasteiger partial charge on any atom is -0.495 e. The van der Waals surface area contributed by atoms with Crippen LogP contribution in [0.4, 0.5) is 4.39 Å². The third kappa shape index (κ3) is 2.10. The Morgan fingerprint density at radius 1 is 1.33 bits per heavy atom. The molecule has 1 atom stereocenters. The molecule has 0 aliphatic carbocycles. The summed E-state index contributed by atoms with van der Waals surface area (Å²) in [6.07, 6.45) is 2.03. The van der Waals surface area contributed by atoms with Crippen LogP contribution < -0.4 is 14.8 Å². The molecule has 0 radical (unpaired) electrons. The van der Waals surface area contributed by atoms with Gasteiger partial charge in [-0.05, 0) is 48.3 Å². The third-order valence-corrected chi connectivity index (χ3v) is 4.22. The average Bonchev–Trinajstić information content (AvgIpc) is 2.77. The van der Waals surface area contributed by atoms with E-state index in [-0.39, 0.29) is 17.1 Å². The fourth-order valence-electron chi connectivity index (χ4n) is 2.51. The lowest BCUT2D eigenvalue weighted by molar-refractivity contribution is 0.347. The van der Waals surface area contributed by atoms with Crippen molar-refractivity contribution < 1.29 is 13.9 Å². The first-order valence-electron chi connectivity index (χ1n) is 5.89. The van der Waals surface area contributed by atoms with E-state index in [0.717, 1.165) is 24.9 Å². The minimum absolute atomic E-state index is 0.178. The van der Waals surface area contributed by atoms with Gasteiger partial charge in [0.25, 0.3) is 0 Å². The number of rotatable bonds is 3. The van der Waals surface area contributed by atoms with Crippen molar-refractivity contribution in [3.63, 3.8) is 0 Å². The molecule has 18 heavy (non-hydrogen) atoms. The molecule has 1 aromatic rings. The fourth-order valence-corrected chi connectivity index (χ4v) is 3.23. The molecule has 1 saturated heterocycles. The van der Waals surface area contributed by atoms with Gasteiger partial charge in [0.1, 0.15) is 10.2 Å². The van der Waals surface area contributed by atoms with Crippen LogP contribution in [0.3, 0.4) is 0 Å². The Kier molecular flexibility index (Phi) is 3.82. The highest BCUT2D eigenvalue weighted by atomic mass is 79.9. The standard InChI is InChI=1S/C13H17BrFNO2/c1-13(5-4-6-16-13)8-7-9(15)12(18-3)10(14)11(8)17-2/h7,16H,4-6H2,1-3H3. The summed E-state index contributed by atoms with van der Waals surface area (Å²) >= 11 is 3.36. The van der Waals surface area contributed by atoms with Crippen LogP contribution in [-0.2, 0) is 5.54 Å². The zero-order valence-electron chi connectivity index (χ0n) is 10.8. The Balaban J connectivity index is 2.60. The quantitative estimate of drug-likeness (QED) is 0.928. The fraction of sp³-hybridized carbons (Fsp3) is 0.538. The zero-order valence-corrected chi connectivity index (χ0v) is 12.4. The highest BCUT2D eigenvalue weighted by molar-refractivity contribution is 9.10. The van der Waals surface area contributed by atoms with Crippen LogP contribution in [0.25, 0.3) is 0 Å². The lowest BCUT2D eigenvalue weighted by Crippen LogP contribution is -2.33. The van der Waals surface area contributed by atoms with E-state index in [0.29, 0.717) is 10.2 Å². The van der Waals surface area contributed by atoms with Crippen LogP contribution in [-0.4, -0.2) is 20.8 Å². The van der Waals surface area contributed by atoms with Crippen molar-refractivity contribution in [2.45, 2.75) is 25.3 Å². The largest absolute Gasteiger partial charge is 0.495 e. The van der Waals surface area contributed by atoms with Crippen molar-refractivity contribution in [3.8, 4) is 11.5 Å². The lowest BCUT2D eigenvalue weighted by atomic mass is 9.89. The number of methoxy groups -OCH3 is 2. The molecule has 0 bridgehead atoms. The number of hydrogen-bond acceptors (Lipinski definition) is 3. The minimum atomic E-state index is -0.380. The number of nitrogens with one attached hydrogen (secondary N) is 1. The smallest absolute Gasteiger partial charge is 0.172 e. The number of hydrogen-bond donors (Lipinski definition) is 1. The molecule has 1 fully saturated rings. The second-order valence-corrected chi connectivity index (χ2v) is 5.44. The summed E-state index contributed by atoms with van der Waals surface area (Å²) in [5, 5.41) is 3.41. The van der Waals surface area contributed by atoms with Crippen molar-refractivity contribution in [1.82, 2.24) is 5.32 Å². The molecule has 1 N–H and O–H groups in total. The molecular formula is C13H17BrFNO2. The van der Waals surface area contributed by atoms with E-state index >= 15 is 0 Å². The Hall–Kier alpha value is -0.810. The van der Waals surface area contributed by atoms with Gasteiger partial charge in [-0.3, -0.25) is 0 Å². The van der Waals surface area contributed by atoms with E-state index in [1.807, 2.05) is 0 Å². The van der Waals surface area contributed by atoms with Crippen molar-refractivity contribution in [1.29, 1.82) is 0 Å². The van der Waals surface area contributed by atoms with Gasteiger partial charge < -0.3 is 14.8 Å². The number of ether oxygens (including phenoxy) is 2. The molecule has 3 nitrogen and oxygen atoms in total. The molecule has 1 aromatic carbocycles. The molecule has 0 aromatic heterocycles. The van der Waals surface area contributed by atoms with Gasteiger partial charge in [0.05, 0.1) is 14.2 Å². The summed E-state index contributed by atoms with van der Waals surface area (Å²) in [6.45, 7) is 3.00. The predicted molar refractivity (Wildman–Crippen MR) is 71.8 cm³/mol. The second kappa shape index (κ2) is 5.05. The molecule has 5 heteroatoms. The van der Waals surface area contributed by atoms with Gasteiger partial charge >= 0.3 is 0 Å². The van der Waals surface area contributed by atoms with Crippen LogP contribution in [0, 0.1) is 5.82 Å². The first kappa shape index (κ1) is 13.6. The SMILES string of the molecule is COc1c(F)cc(C2(C)CCCN2)c(OC)c1Br. The number of halogens is 2. The van der Waals surface area contributed by atoms with Gasteiger partial charge in [0.2, 0.25) is 0 Å². The van der Waals surface area contributed by atoms with Crippen molar-refractivity contribution >= 4 is 15.9 Å². The highest BCUT2D eigenvalue weighted by Crippen LogP contribution is 2.45. The van der Waals surface area contributed by atoms with Crippen LogP contribution in [0.2, 0.25) is 0 Å². The monoisotopic (exact) mass is 317 g/mol. The molecular weight excluding hydrogens is 301 g/mol. The van der Waals surface area contributed by atoms with Gasteiger partial charge in [-0.15, -0.1) is 0 Å². The van der Waals surface area contributed by atoms with Crippen molar-refractivity contribution in [2.75, 3.05) is 20.8 Å². The molecule has 100 valence electrons. The maximum atomic E-state index is 14.0. The molecule has 0 spiro atoms. The summed E-state index contributed by atoms with van der Waals surface area (Å²) in [4.78, 5) is 0. The summed E-state index contributed by atoms with van der Waals surface area (Å²) in [5.41, 5.74) is 0.578. The van der Waals surface area contributed by atoms with E-state index in [1.54, 1.807) is 7.11 Å². The normalized spacial score (nSPS) is 23.2. The maximum Gasteiger partial charge on any atom is 0.172 e. The second-order valence-electron chi connectivity index (χ2n) is 4.65. The molecule has 1 heterocycles. The van der Waals surface area contributed by atoms with Gasteiger partial charge in [0, 0.05) is 11.1 Å². The van der Waals surface area contributed by atoms with E-state index in [2.05, 4.69) is 28.2 Å². The summed E-state index contributed by atoms with van der Waals surface area (Å²) < 4.78 is 25.0. The molecule has 1 aliphatic heterocycles. The van der Waals surface area contributed by atoms with Gasteiger partial charge in [-0.2, -0.15) is 0 Å². The topological polar surface area (TPSA) is 30.5 Å². The predicted octanol–water partition coefficient (Wildman–Crippen LogP) is 3.20. The zero-order chi connectivity index (χ0) is 13.3. The Bertz CT molecular complexity index is 459. The first-order chi connectivity index (χ1) is 8.53. The summed E-state index contributed by atoms with van der Waals surface area (Å²) in [6, 6.07) is 1.50. The molecule has 1 unspecified atom stereocenters. The van der Waals surface area contributed by atoms with E-state index in [4.69, 9.17) is 9.47 Å². The van der Waals surface area contributed by atoms with Crippen LogP contribution in [0.5, 0.6) is 11.5 Å². The van der Waals surface area contributed by atoms with Gasteiger partial charge in [0.15, 0.2) is 11.6 Å². The third-order valence-electron chi connectivity index (χ3n) is 3.50. The van der Waals surface area contributed by atoms with E-state index in [1.165, 1.54) is 13.2 Å². The Labute approximate surface area is 115 Å².